The minimum Gasteiger partial charge on any atom is -0.406 e. The highest BCUT2D eigenvalue weighted by atomic mass is 19.4. The summed E-state index contributed by atoms with van der Waals surface area (Å²) >= 11 is 0. The van der Waals surface area contributed by atoms with Crippen LogP contribution in [0.2, 0.25) is 0 Å². The molecular weight excluding hydrogens is 327 g/mol. The predicted octanol–water partition coefficient (Wildman–Crippen LogP) is 3.08. The Morgan fingerprint density at radius 2 is 2.12 bits per heavy atom. The number of rotatable bonds is 5. The van der Waals surface area contributed by atoms with Crippen LogP contribution in [0.3, 0.4) is 0 Å². The molecule has 0 atom stereocenters. The highest BCUT2D eigenvalue weighted by Gasteiger charge is 2.31. The lowest BCUT2D eigenvalue weighted by molar-refractivity contribution is -0.274. The summed E-state index contributed by atoms with van der Waals surface area (Å²) in [6.07, 6.45) is -3.45. The van der Waals surface area contributed by atoms with Gasteiger partial charge in [-0.15, -0.1) is 13.2 Å². The normalized spacial score (nSPS) is 11.4. The summed E-state index contributed by atoms with van der Waals surface area (Å²) in [6.45, 7) is 3.78. The molecule has 130 valence electrons. The molecule has 0 bridgehead atoms. The van der Waals surface area contributed by atoms with E-state index < -0.39 is 12.4 Å². The van der Waals surface area contributed by atoms with Crippen LogP contribution in [0, 0.1) is 0 Å². The van der Waals surface area contributed by atoms with E-state index in [0.29, 0.717) is 5.56 Å². The maximum atomic E-state index is 12.2. The van der Waals surface area contributed by atoms with Gasteiger partial charge >= 0.3 is 12.4 Å². The van der Waals surface area contributed by atoms with E-state index in [-0.39, 0.29) is 24.3 Å². The second-order valence-electron chi connectivity index (χ2n) is 5.12. The highest BCUT2D eigenvalue weighted by molar-refractivity contribution is 5.87. The van der Waals surface area contributed by atoms with E-state index in [9.17, 15) is 18.0 Å². The lowest BCUT2D eigenvalue weighted by atomic mass is 10.2. The number of nitrogens with one attached hydrogen (secondary N) is 2. The van der Waals surface area contributed by atoms with Crippen LogP contribution < -0.4 is 15.4 Å². The monoisotopic (exact) mass is 343 g/mol. The molecule has 1 aromatic heterocycles. The minimum absolute atomic E-state index is 0.0130. The highest BCUT2D eigenvalue weighted by Crippen LogP contribution is 2.23. The van der Waals surface area contributed by atoms with Crippen LogP contribution in [0.25, 0.3) is 0 Å². The van der Waals surface area contributed by atoms with E-state index in [1.165, 1.54) is 29.2 Å². The Bertz CT molecular complexity index is 700. The van der Waals surface area contributed by atoms with Gasteiger partial charge in [-0.1, -0.05) is 12.1 Å². The van der Waals surface area contributed by atoms with E-state index in [0.717, 1.165) is 0 Å². The lowest BCUT2D eigenvalue weighted by Crippen LogP contribution is -2.29. The molecule has 24 heavy (non-hydrogen) atoms. The average Bonchev–Trinajstić information content (AvgIpc) is 2.92. The van der Waals surface area contributed by atoms with Gasteiger partial charge in [-0.05, 0) is 31.5 Å². The minimum atomic E-state index is -4.76. The number of benzene rings is 1. The van der Waals surface area contributed by atoms with E-state index in [4.69, 9.17) is 0 Å². The summed E-state index contributed by atoms with van der Waals surface area (Å²) < 4.78 is 41.9. The number of urea groups is 1. The first-order chi connectivity index (χ1) is 11.2. The van der Waals surface area contributed by atoms with Crippen LogP contribution in [-0.4, -0.2) is 27.2 Å². The topological polar surface area (TPSA) is 81.1 Å². The molecule has 2 aromatic rings. The smallest absolute Gasteiger partial charge is 0.406 e. The van der Waals surface area contributed by atoms with Crippen LogP contribution in [0.15, 0.2) is 30.6 Å². The number of ether oxygens (including phenoxy) is 1. The summed E-state index contributed by atoms with van der Waals surface area (Å²) in [6, 6.07) is 4.82. The number of hydrogen-bond acceptors (Lipinski definition) is 4. The summed E-state index contributed by atoms with van der Waals surface area (Å²) in [5, 5.41) is 9.02. The predicted molar refractivity (Wildman–Crippen MR) is 79.4 cm³/mol. The quantitative estimate of drug-likeness (QED) is 0.874. The van der Waals surface area contributed by atoms with Crippen LogP contribution in [0.4, 0.5) is 23.9 Å². The molecule has 0 unspecified atom stereocenters. The molecule has 0 saturated heterocycles. The number of hydrogen-bond donors (Lipinski definition) is 2. The molecule has 2 N–H and O–H groups in total. The number of alkyl halides is 3. The fourth-order valence-electron chi connectivity index (χ4n) is 1.90. The summed E-state index contributed by atoms with van der Waals surface area (Å²) in [4.78, 5) is 15.8. The van der Waals surface area contributed by atoms with Gasteiger partial charge in [0, 0.05) is 6.54 Å². The Balaban J connectivity index is 1.92. The standard InChI is InChI=1S/C14H16F3N5O2/c1-9(2)22-12(19-8-20-22)21-13(23)18-7-10-4-3-5-11(6-10)24-14(15,16)17/h3-6,8-9H,7H2,1-2H3,(H2,18,19,20,21,23). The molecule has 1 aromatic carbocycles. The maximum Gasteiger partial charge on any atom is 0.573 e. The van der Waals surface area contributed by atoms with Gasteiger partial charge in [0.05, 0.1) is 6.04 Å². The van der Waals surface area contributed by atoms with Gasteiger partial charge in [-0.3, -0.25) is 5.32 Å². The van der Waals surface area contributed by atoms with E-state index in [2.05, 4.69) is 25.5 Å². The fraction of sp³-hybridized carbons (Fsp3) is 0.357. The van der Waals surface area contributed by atoms with Gasteiger partial charge < -0.3 is 10.1 Å². The molecule has 0 radical (unpaired) electrons. The first-order valence-corrected chi connectivity index (χ1v) is 7.03. The lowest BCUT2D eigenvalue weighted by Gasteiger charge is -2.12. The zero-order valence-corrected chi connectivity index (χ0v) is 13.0. The van der Waals surface area contributed by atoms with Gasteiger partial charge in [0.1, 0.15) is 12.1 Å². The number of carbonyl (C=O) groups excluding carboxylic acids is 1. The number of amides is 2. The number of anilines is 1. The molecule has 0 spiro atoms. The maximum absolute atomic E-state index is 12.2. The van der Waals surface area contributed by atoms with Crippen molar-refractivity contribution in [2.75, 3.05) is 5.32 Å². The van der Waals surface area contributed by atoms with Crippen LogP contribution >= 0.6 is 0 Å². The molecule has 7 nitrogen and oxygen atoms in total. The molecule has 0 saturated carbocycles. The summed E-state index contributed by atoms with van der Waals surface area (Å²) in [5.41, 5.74) is 0.456. The fourth-order valence-corrected chi connectivity index (χ4v) is 1.90. The third-order valence-corrected chi connectivity index (χ3v) is 2.87. The van der Waals surface area contributed by atoms with Crippen LogP contribution in [0.5, 0.6) is 5.75 Å². The van der Waals surface area contributed by atoms with Gasteiger partial charge in [0.25, 0.3) is 0 Å². The molecule has 0 aliphatic carbocycles. The van der Waals surface area contributed by atoms with Crippen molar-refractivity contribution in [3.8, 4) is 5.75 Å². The van der Waals surface area contributed by atoms with Gasteiger partial charge in [0.2, 0.25) is 5.95 Å². The Labute approximate surface area is 135 Å². The van der Waals surface area contributed by atoms with Gasteiger partial charge in [0.15, 0.2) is 0 Å². The number of nitrogens with zero attached hydrogens (tertiary/aromatic N) is 3. The Morgan fingerprint density at radius 1 is 1.38 bits per heavy atom. The Hall–Kier alpha value is -2.78. The molecule has 0 aliphatic rings. The van der Waals surface area contributed by atoms with Gasteiger partial charge in [-0.25, -0.2) is 9.48 Å². The zero-order chi connectivity index (χ0) is 17.7. The van der Waals surface area contributed by atoms with Crippen molar-refractivity contribution in [2.45, 2.75) is 32.8 Å². The molecule has 0 fully saturated rings. The van der Waals surface area contributed by atoms with E-state index >= 15 is 0 Å². The number of carbonyl (C=O) groups is 1. The first-order valence-electron chi connectivity index (χ1n) is 7.03. The van der Waals surface area contributed by atoms with Crippen LogP contribution in [-0.2, 0) is 6.54 Å². The zero-order valence-electron chi connectivity index (χ0n) is 13.0. The van der Waals surface area contributed by atoms with Crippen LogP contribution in [0.1, 0.15) is 25.5 Å². The molecular formula is C14H16F3N5O2. The van der Waals surface area contributed by atoms with Crippen molar-refractivity contribution >= 4 is 12.0 Å². The summed E-state index contributed by atoms with van der Waals surface area (Å²) in [5.74, 6) is -0.0709. The molecule has 10 heteroatoms. The largest absolute Gasteiger partial charge is 0.573 e. The van der Waals surface area contributed by atoms with E-state index in [1.807, 2.05) is 13.8 Å². The number of aromatic nitrogens is 3. The third-order valence-electron chi connectivity index (χ3n) is 2.87. The second-order valence-corrected chi connectivity index (χ2v) is 5.12. The van der Waals surface area contributed by atoms with E-state index in [1.54, 1.807) is 6.07 Å². The molecule has 1 heterocycles. The SMILES string of the molecule is CC(C)n1ncnc1NC(=O)NCc1cccc(OC(F)(F)F)c1. The first kappa shape index (κ1) is 17.6. The second kappa shape index (κ2) is 7.20. The van der Waals surface area contributed by atoms with Gasteiger partial charge in [-0.2, -0.15) is 10.1 Å². The van der Waals surface area contributed by atoms with Crippen molar-refractivity contribution in [2.24, 2.45) is 0 Å². The average molecular weight is 343 g/mol. The summed E-state index contributed by atoms with van der Waals surface area (Å²) in [7, 11) is 0. The van der Waals surface area contributed by atoms with Crippen molar-refractivity contribution in [3.63, 3.8) is 0 Å². The molecule has 2 rings (SSSR count). The van der Waals surface area contributed by atoms with Crippen molar-refractivity contribution < 1.29 is 22.7 Å². The van der Waals surface area contributed by atoms with Crippen molar-refractivity contribution in [1.82, 2.24) is 20.1 Å². The molecule has 2 amide bonds. The number of halogens is 3. The Morgan fingerprint density at radius 3 is 2.79 bits per heavy atom. The van der Waals surface area contributed by atoms with Crippen molar-refractivity contribution in [3.05, 3.63) is 36.2 Å². The Kier molecular flexibility index (Phi) is 5.27. The molecule has 0 aliphatic heterocycles. The third kappa shape index (κ3) is 5.14. The van der Waals surface area contributed by atoms with Crippen molar-refractivity contribution in [1.29, 1.82) is 0 Å².